The van der Waals surface area contributed by atoms with E-state index in [1.54, 1.807) is 34.3 Å². The summed E-state index contributed by atoms with van der Waals surface area (Å²) in [6.07, 6.45) is 5.15. The fraction of sp³-hybridized carbons (Fsp3) is 0.373. The number of hydrogen-bond acceptors (Lipinski definition) is 8. The Bertz CT molecular complexity index is 2660. The van der Waals surface area contributed by atoms with Crippen molar-refractivity contribution in [3.8, 4) is 46.1 Å². The van der Waals surface area contributed by atoms with Gasteiger partial charge in [0.1, 0.15) is 29.4 Å². The molecular formula is C51H56N8O6. The van der Waals surface area contributed by atoms with Crippen LogP contribution < -0.4 is 10.6 Å². The van der Waals surface area contributed by atoms with E-state index in [1.165, 1.54) is 19.8 Å². The van der Waals surface area contributed by atoms with Crippen molar-refractivity contribution in [3.05, 3.63) is 119 Å². The molecule has 0 spiro atoms. The van der Waals surface area contributed by atoms with E-state index in [-0.39, 0.29) is 35.2 Å². The highest BCUT2D eigenvalue weighted by Gasteiger charge is 2.39. The van der Waals surface area contributed by atoms with Crippen LogP contribution in [0.5, 0.6) is 0 Å². The van der Waals surface area contributed by atoms with E-state index in [9.17, 15) is 19.2 Å². The topological polar surface area (TPSA) is 175 Å². The van der Waals surface area contributed by atoms with E-state index in [2.05, 4.69) is 100 Å². The first kappa shape index (κ1) is 45.7. The molecule has 0 bridgehead atoms. The number of imidazole rings is 2. The first-order valence-electron chi connectivity index (χ1n) is 22.0. The van der Waals surface area contributed by atoms with E-state index in [1.807, 2.05) is 44.2 Å². The maximum Gasteiger partial charge on any atom is 0.407 e. The van der Waals surface area contributed by atoms with Gasteiger partial charge in [0.05, 0.1) is 44.4 Å². The van der Waals surface area contributed by atoms with Gasteiger partial charge in [-0.3, -0.25) is 9.59 Å². The van der Waals surface area contributed by atoms with Crippen LogP contribution >= 0.6 is 0 Å². The number of aromatic nitrogens is 4. The van der Waals surface area contributed by atoms with Crippen LogP contribution in [0.3, 0.4) is 0 Å². The fourth-order valence-corrected chi connectivity index (χ4v) is 8.42. The van der Waals surface area contributed by atoms with E-state index >= 15 is 0 Å². The Hall–Kier alpha value is -7.32. The zero-order chi connectivity index (χ0) is 46.3. The second-order valence-corrected chi connectivity index (χ2v) is 17.7. The third-order valence-corrected chi connectivity index (χ3v) is 11.9. The molecule has 4 heterocycles. The summed E-state index contributed by atoms with van der Waals surface area (Å²) >= 11 is 0. The number of rotatable bonds is 10. The Labute approximate surface area is 380 Å². The Balaban J connectivity index is 1.13. The number of alkyl carbamates (subject to hydrolysis) is 2. The molecule has 2 aromatic heterocycles. The SMILES string of the molecule is COC(=O)NC(C(=O)N1CCCC1c1ncc(C#CC#Cc2ccc(-c3cnc(C4CCCN4C(=O)[C@@H](NC(=O)OC)C(C)C)[nH]3)cc2-c2cccc(C(C)(C)C)c2)[nH]1)c1ccccc1. The molecule has 65 heavy (non-hydrogen) atoms. The number of likely N-dealkylation sites (tertiary alicyclic amines) is 2. The van der Waals surface area contributed by atoms with Gasteiger partial charge >= 0.3 is 12.2 Å². The molecule has 3 aromatic carbocycles. The summed E-state index contributed by atoms with van der Waals surface area (Å²) in [4.78, 5) is 71.8. The fourth-order valence-electron chi connectivity index (χ4n) is 8.42. The van der Waals surface area contributed by atoms with Gasteiger partial charge in [0.2, 0.25) is 5.91 Å². The summed E-state index contributed by atoms with van der Waals surface area (Å²) in [7, 11) is 2.55. The Morgan fingerprint density at radius 2 is 1.38 bits per heavy atom. The molecule has 0 saturated carbocycles. The second-order valence-electron chi connectivity index (χ2n) is 17.7. The molecule has 5 aromatic rings. The summed E-state index contributed by atoms with van der Waals surface area (Å²) < 4.78 is 9.63. The summed E-state index contributed by atoms with van der Waals surface area (Å²) in [5, 5.41) is 5.41. The smallest absolute Gasteiger partial charge is 0.407 e. The Morgan fingerprint density at radius 1 is 0.738 bits per heavy atom. The molecule has 4 amide bonds. The lowest BCUT2D eigenvalue weighted by Crippen LogP contribution is -2.51. The van der Waals surface area contributed by atoms with Gasteiger partial charge in [-0.25, -0.2) is 19.6 Å². The minimum atomic E-state index is -0.914. The number of ether oxygens (including phenoxy) is 2. The van der Waals surface area contributed by atoms with Gasteiger partial charge < -0.3 is 39.9 Å². The number of nitrogens with one attached hydrogen (secondary N) is 4. The third-order valence-electron chi connectivity index (χ3n) is 11.9. The number of carbonyl (C=O) groups is 4. The normalized spacial score (nSPS) is 16.7. The van der Waals surface area contributed by atoms with Crippen LogP contribution in [-0.4, -0.2) is 87.1 Å². The number of H-pyrrole nitrogens is 2. The van der Waals surface area contributed by atoms with E-state index in [0.29, 0.717) is 42.4 Å². The molecule has 2 aliphatic heterocycles. The van der Waals surface area contributed by atoms with Crippen molar-refractivity contribution >= 4 is 24.0 Å². The largest absolute Gasteiger partial charge is 0.453 e. The van der Waals surface area contributed by atoms with Crippen LogP contribution in [0.25, 0.3) is 22.4 Å². The van der Waals surface area contributed by atoms with Crippen molar-refractivity contribution in [2.45, 2.75) is 89.9 Å². The molecule has 7 rings (SSSR count). The van der Waals surface area contributed by atoms with Gasteiger partial charge in [0.15, 0.2) is 0 Å². The van der Waals surface area contributed by atoms with Gasteiger partial charge in [0, 0.05) is 24.2 Å². The van der Waals surface area contributed by atoms with Crippen molar-refractivity contribution in [1.82, 2.24) is 40.4 Å². The minimum Gasteiger partial charge on any atom is -0.453 e. The molecule has 3 unspecified atom stereocenters. The summed E-state index contributed by atoms with van der Waals surface area (Å²) in [6, 6.07) is 21.4. The van der Waals surface area contributed by atoms with Crippen LogP contribution in [0, 0.1) is 29.6 Å². The molecule has 4 N–H and O–H groups in total. The van der Waals surface area contributed by atoms with Gasteiger partial charge in [-0.1, -0.05) is 101 Å². The van der Waals surface area contributed by atoms with Crippen molar-refractivity contribution in [2.24, 2.45) is 5.92 Å². The van der Waals surface area contributed by atoms with Gasteiger partial charge in [-0.05, 0) is 89.2 Å². The molecule has 336 valence electrons. The van der Waals surface area contributed by atoms with Gasteiger partial charge in [0.25, 0.3) is 5.91 Å². The zero-order valence-electron chi connectivity index (χ0n) is 38.0. The van der Waals surface area contributed by atoms with Crippen molar-refractivity contribution in [1.29, 1.82) is 0 Å². The highest BCUT2D eigenvalue weighted by Crippen LogP contribution is 2.36. The molecule has 14 nitrogen and oxygen atoms in total. The first-order valence-corrected chi connectivity index (χ1v) is 22.0. The van der Waals surface area contributed by atoms with E-state index < -0.39 is 24.3 Å². The molecule has 2 aliphatic rings. The minimum absolute atomic E-state index is 0.0793. The predicted octanol–water partition coefficient (Wildman–Crippen LogP) is 7.97. The monoisotopic (exact) mass is 876 g/mol. The Morgan fingerprint density at radius 3 is 2.06 bits per heavy atom. The molecule has 14 heteroatoms. The van der Waals surface area contributed by atoms with Gasteiger partial charge in [-0.15, -0.1) is 0 Å². The summed E-state index contributed by atoms with van der Waals surface area (Å²) in [5.74, 6) is 13.2. The predicted molar refractivity (Wildman–Crippen MR) is 247 cm³/mol. The van der Waals surface area contributed by atoms with Crippen LogP contribution in [0.2, 0.25) is 0 Å². The van der Waals surface area contributed by atoms with Crippen LogP contribution in [0.4, 0.5) is 9.59 Å². The average molecular weight is 877 g/mol. The molecule has 0 radical (unpaired) electrons. The maximum atomic E-state index is 13.9. The Kier molecular flexibility index (Phi) is 14.1. The first-order chi connectivity index (χ1) is 31.2. The molecule has 0 aliphatic carbocycles. The molecule has 4 atom stereocenters. The van der Waals surface area contributed by atoms with Crippen molar-refractivity contribution < 1.29 is 28.7 Å². The summed E-state index contributed by atoms with van der Waals surface area (Å²) in [6.45, 7) is 11.4. The lowest BCUT2D eigenvalue weighted by Gasteiger charge is -2.30. The summed E-state index contributed by atoms with van der Waals surface area (Å²) in [5.41, 5.74) is 6.75. The molecule has 2 saturated heterocycles. The van der Waals surface area contributed by atoms with E-state index in [4.69, 9.17) is 14.5 Å². The molecule has 2 fully saturated rings. The number of nitrogens with zero attached hydrogens (tertiary/aromatic N) is 4. The van der Waals surface area contributed by atoms with Gasteiger partial charge in [-0.2, -0.15) is 0 Å². The maximum absolute atomic E-state index is 13.9. The van der Waals surface area contributed by atoms with Crippen molar-refractivity contribution in [3.63, 3.8) is 0 Å². The second kappa shape index (κ2) is 20.0. The number of hydrogen-bond donors (Lipinski definition) is 4. The lowest BCUT2D eigenvalue weighted by molar-refractivity contribution is -0.135. The zero-order valence-corrected chi connectivity index (χ0v) is 38.0. The number of aromatic amines is 2. The highest BCUT2D eigenvalue weighted by molar-refractivity contribution is 5.88. The van der Waals surface area contributed by atoms with Crippen LogP contribution in [0.1, 0.15) is 112 Å². The third kappa shape index (κ3) is 10.6. The van der Waals surface area contributed by atoms with E-state index in [0.717, 1.165) is 47.2 Å². The quantitative estimate of drug-likeness (QED) is 0.102. The number of carbonyl (C=O) groups excluding carboxylic acids is 4. The standard InChI is InChI=1S/C51H56N8O6/c1-32(2)43(56-49(62)64-6)47(60)58-26-15-23-42(58)46-53-31-40(55-46)36-25-24-33(39(29-36)35-19-13-20-37(28-35)51(3,4)5)16-11-12-21-38-30-52-45(54-38)41-22-14-27-59(41)48(61)44(57-50(63)65-7)34-17-9-8-10-18-34/h8-10,13,17-20,24-25,28-32,41-44H,14-15,22-23,26-27H2,1-7H3,(H,52,54)(H,53,55)(H,56,62)(H,57,63)/t41?,42?,43-,44?/m0/s1. The number of methoxy groups -OCH3 is 2. The highest BCUT2D eigenvalue weighted by atomic mass is 16.5. The number of benzene rings is 3. The van der Waals surface area contributed by atoms with Crippen molar-refractivity contribution in [2.75, 3.05) is 27.3 Å². The number of amides is 4. The van der Waals surface area contributed by atoms with Crippen LogP contribution in [-0.2, 0) is 24.5 Å². The molecular weight excluding hydrogens is 821 g/mol. The average Bonchev–Trinajstić information content (AvgIpc) is 4.16. The lowest BCUT2D eigenvalue weighted by atomic mass is 9.85. The van der Waals surface area contributed by atoms with Crippen LogP contribution in [0.15, 0.2) is 85.2 Å².